The van der Waals surface area contributed by atoms with Crippen molar-refractivity contribution in [3.8, 4) is 0 Å². The Morgan fingerprint density at radius 2 is 0.787 bits per heavy atom. The van der Waals surface area contributed by atoms with Crippen LogP contribution in [0.5, 0.6) is 0 Å². The van der Waals surface area contributed by atoms with Crippen molar-refractivity contribution in [2.75, 3.05) is 0 Å². The van der Waals surface area contributed by atoms with E-state index < -0.39 is 0 Å². The van der Waals surface area contributed by atoms with Crippen molar-refractivity contribution in [1.82, 2.24) is 4.98 Å². The summed E-state index contributed by atoms with van der Waals surface area (Å²) in [6.45, 7) is 22.0. The second-order valence-electron chi connectivity index (χ2n) is 11.3. The SMILES string of the molecule is CCC(=Nc1c(Cl)c(CC)c(CC)c(CC)c1CC)c1cccc(C(CC)=Nc2c(Cl)c(CC)c(CC)c(CC)c2CC)n1.[Cl][Fe][Cl]. The summed E-state index contributed by atoms with van der Waals surface area (Å²) in [6, 6.07) is 6.19. The van der Waals surface area contributed by atoms with Gasteiger partial charge in [0, 0.05) is 0 Å². The van der Waals surface area contributed by atoms with E-state index in [-0.39, 0.29) is 13.1 Å². The van der Waals surface area contributed by atoms with Crippen LogP contribution >= 0.6 is 43.4 Å². The van der Waals surface area contributed by atoms with E-state index in [1.807, 2.05) is 0 Å². The Balaban J connectivity index is 0.00000246. The Morgan fingerprint density at radius 1 is 0.511 bits per heavy atom. The number of benzene rings is 2. The van der Waals surface area contributed by atoms with Gasteiger partial charge >= 0.3 is 33.3 Å². The Kier molecular flexibility index (Phi) is 18.6. The Hall–Kier alpha value is -1.39. The van der Waals surface area contributed by atoms with Crippen molar-refractivity contribution in [2.45, 2.75) is 133 Å². The van der Waals surface area contributed by atoms with Gasteiger partial charge in [0.25, 0.3) is 0 Å². The Bertz CT molecular complexity index is 1450. The first kappa shape index (κ1) is 41.8. The summed E-state index contributed by atoms with van der Waals surface area (Å²) < 4.78 is 0. The third kappa shape index (κ3) is 9.44. The van der Waals surface area contributed by atoms with Crippen molar-refractivity contribution in [1.29, 1.82) is 0 Å². The molecule has 0 aliphatic heterocycles. The minimum atomic E-state index is 0.194. The number of aliphatic imine (C=N–C) groups is 2. The van der Waals surface area contributed by atoms with Crippen LogP contribution in [0.1, 0.15) is 138 Å². The summed E-state index contributed by atoms with van der Waals surface area (Å²) >= 11 is 14.5. The molecular formula is C39H53Cl4FeN3. The summed E-state index contributed by atoms with van der Waals surface area (Å²) in [5.41, 5.74) is 16.0. The van der Waals surface area contributed by atoms with Crippen molar-refractivity contribution >= 4 is 66.2 Å². The molecule has 0 amide bonds. The van der Waals surface area contributed by atoms with Gasteiger partial charge in [0.05, 0.1) is 44.2 Å². The van der Waals surface area contributed by atoms with Gasteiger partial charge in [-0.1, -0.05) is 98.5 Å². The average Bonchev–Trinajstić information content (AvgIpc) is 3.09. The zero-order chi connectivity index (χ0) is 35.3. The van der Waals surface area contributed by atoms with Crippen molar-refractivity contribution in [3.63, 3.8) is 0 Å². The van der Waals surface area contributed by atoms with Crippen LogP contribution in [0, 0.1) is 0 Å². The van der Waals surface area contributed by atoms with Crippen molar-refractivity contribution in [2.24, 2.45) is 9.98 Å². The fourth-order valence-electron chi connectivity index (χ4n) is 6.93. The van der Waals surface area contributed by atoms with Crippen LogP contribution in [-0.2, 0) is 64.5 Å². The van der Waals surface area contributed by atoms with Crippen LogP contribution in [-0.4, -0.2) is 16.4 Å². The molecule has 47 heavy (non-hydrogen) atoms. The maximum absolute atomic E-state index is 7.14. The maximum atomic E-state index is 7.14. The molecule has 1 aromatic heterocycles. The molecular weight excluding hydrogens is 708 g/mol. The van der Waals surface area contributed by atoms with Gasteiger partial charge in [0.1, 0.15) is 0 Å². The monoisotopic (exact) mass is 759 g/mol. The molecule has 0 radical (unpaired) electrons. The van der Waals surface area contributed by atoms with Gasteiger partial charge in [-0.3, -0.25) is 0 Å². The fourth-order valence-corrected chi connectivity index (χ4v) is 7.74. The number of halogens is 4. The summed E-state index contributed by atoms with van der Waals surface area (Å²) in [5.74, 6) is 0. The molecule has 2 aromatic carbocycles. The van der Waals surface area contributed by atoms with Crippen LogP contribution in [0.3, 0.4) is 0 Å². The third-order valence-corrected chi connectivity index (χ3v) is 9.85. The minimum absolute atomic E-state index is 0.194. The van der Waals surface area contributed by atoms with E-state index in [0.29, 0.717) is 0 Å². The molecule has 0 spiro atoms. The third-order valence-electron chi connectivity index (χ3n) is 9.04. The Labute approximate surface area is 310 Å². The standard InChI is InChI=1S/C39H53Cl2N3.2ClH.Fe/c1-11-24-26(13-3)30(17-7)38(36(40)28(24)15-5)43-32(19-9)34-22-21-23-35(42-34)33(20-10)44-39-31(18-8)27(14-4)25(12-2)29(16-6)37(39)41;;;/h21-23H,11-20H2,1-10H3;2*1H;/q;;;+2/p-2. The fraction of sp³-hybridized carbons (Fsp3) is 0.513. The molecule has 3 nitrogen and oxygen atoms in total. The molecule has 0 fully saturated rings. The number of rotatable bonds is 14. The number of aromatic nitrogens is 1. The first-order chi connectivity index (χ1) is 22.7. The van der Waals surface area contributed by atoms with Crippen molar-refractivity contribution in [3.05, 3.63) is 84.1 Å². The van der Waals surface area contributed by atoms with E-state index in [4.69, 9.17) is 58.4 Å². The van der Waals surface area contributed by atoms with Gasteiger partial charge in [-0.25, -0.2) is 15.0 Å². The predicted molar refractivity (Wildman–Crippen MR) is 207 cm³/mol. The first-order valence-electron chi connectivity index (χ1n) is 17.3. The van der Waals surface area contributed by atoms with Crippen molar-refractivity contribution < 1.29 is 13.1 Å². The molecule has 0 unspecified atom stereocenters. The average molecular weight is 762 g/mol. The molecule has 3 rings (SSSR count). The number of nitrogens with zero attached hydrogens (tertiary/aromatic N) is 3. The Morgan fingerprint density at radius 3 is 1.04 bits per heavy atom. The van der Waals surface area contributed by atoms with E-state index in [1.54, 1.807) is 0 Å². The molecule has 0 saturated heterocycles. The molecule has 0 atom stereocenters. The molecule has 0 aliphatic rings. The molecule has 0 aliphatic carbocycles. The first-order valence-corrected chi connectivity index (χ1v) is 21.1. The van der Waals surface area contributed by atoms with E-state index in [1.165, 1.54) is 44.5 Å². The normalized spacial score (nSPS) is 12.0. The van der Waals surface area contributed by atoms with E-state index in [0.717, 1.165) is 108 Å². The van der Waals surface area contributed by atoms with Crippen LogP contribution in [0.2, 0.25) is 10.0 Å². The molecule has 3 aromatic rings. The number of hydrogen-bond donors (Lipinski definition) is 0. The van der Waals surface area contributed by atoms with Crippen LogP contribution in [0.25, 0.3) is 0 Å². The second kappa shape index (κ2) is 21.0. The summed E-state index contributed by atoms with van der Waals surface area (Å²) in [5, 5.41) is 1.60. The number of hydrogen-bond acceptors (Lipinski definition) is 3. The van der Waals surface area contributed by atoms with E-state index >= 15 is 0 Å². The van der Waals surface area contributed by atoms with Gasteiger partial charge in [-0.05, 0) is 121 Å². The summed E-state index contributed by atoms with van der Waals surface area (Å²) in [6.07, 6.45) is 9.00. The molecule has 0 saturated carbocycles. The van der Waals surface area contributed by atoms with Gasteiger partial charge in [0.2, 0.25) is 0 Å². The van der Waals surface area contributed by atoms with Gasteiger partial charge < -0.3 is 0 Å². The van der Waals surface area contributed by atoms with Crippen LogP contribution in [0.4, 0.5) is 11.4 Å². The molecule has 0 bridgehead atoms. The summed E-state index contributed by atoms with van der Waals surface area (Å²) in [4.78, 5) is 15.7. The summed E-state index contributed by atoms with van der Waals surface area (Å²) in [7, 11) is 9.53. The van der Waals surface area contributed by atoms with Gasteiger partial charge in [0.15, 0.2) is 0 Å². The van der Waals surface area contributed by atoms with Crippen LogP contribution < -0.4 is 0 Å². The quantitative estimate of drug-likeness (QED) is 0.119. The van der Waals surface area contributed by atoms with E-state index in [2.05, 4.69) is 87.4 Å². The molecule has 8 heteroatoms. The predicted octanol–water partition coefficient (Wildman–Crippen LogP) is 13.3. The van der Waals surface area contributed by atoms with Gasteiger partial charge in [-0.15, -0.1) is 0 Å². The molecule has 260 valence electrons. The molecule has 0 N–H and O–H groups in total. The zero-order valence-corrected chi connectivity index (χ0v) is 34.1. The number of pyridine rings is 1. The topological polar surface area (TPSA) is 37.6 Å². The van der Waals surface area contributed by atoms with Gasteiger partial charge in [-0.2, -0.15) is 0 Å². The van der Waals surface area contributed by atoms with Crippen LogP contribution in [0.15, 0.2) is 28.2 Å². The second-order valence-corrected chi connectivity index (χ2v) is 13.8. The molecule has 1 heterocycles. The van der Waals surface area contributed by atoms with E-state index in [9.17, 15) is 0 Å². The zero-order valence-electron chi connectivity index (χ0n) is 30.0.